The van der Waals surface area contributed by atoms with Gasteiger partial charge in [0.05, 0.1) is 5.56 Å². The Morgan fingerprint density at radius 1 is 0.958 bits per heavy atom. The van der Waals surface area contributed by atoms with Crippen molar-refractivity contribution in [2.75, 3.05) is 13.2 Å². The monoisotopic (exact) mass is 326 g/mol. The van der Waals surface area contributed by atoms with Gasteiger partial charge in [-0.2, -0.15) is 0 Å². The van der Waals surface area contributed by atoms with Gasteiger partial charge in [0.15, 0.2) is 5.78 Å². The van der Waals surface area contributed by atoms with Crippen LogP contribution in [-0.4, -0.2) is 25.0 Å². The molecule has 0 saturated heterocycles. The Hall–Kier alpha value is -2.72. The van der Waals surface area contributed by atoms with E-state index in [-0.39, 0.29) is 11.5 Å². The summed E-state index contributed by atoms with van der Waals surface area (Å²) in [5.74, 6) is -0.539. The Bertz CT molecular complexity index is 660. The Balaban J connectivity index is 0.000000505. The van der Waals surface area contributed by atoms with Crippen molar-refractivity contribution in [2.45, 2.75) is 13.8 Å². The summed E-state index contributed by atoms with van der Waals surface area (Å²) in [5.41, 5.74) is 0.897. The van der Waals surface area contributed by atoms with Gasteiger partial charge >= 0.3 is 5.97 Å². The van der Waals surface area contributed by atoms with Crippen molar-refractivity contribution in [1.82, 2.24) is 0 Å². The lowest BCUT2D eigenvalue weighted by Crippen LogP contribution is -2.09. The van der Waals surface area contributed by atoms with Crippen LogP contribution in [0.3, 0.4) is 0 Å². The highest BCUT2D eigenvalue weighted by atomic mass is 16.5. The molecule has 0 heterocycles. The smallest absolute Gasteiger partial charge is 0.335 e. The zero-order chi connectivity index (χ0) is 17.8. The molecule has 24 heavy (non-hydrogen) atoms. The summed E-state index contributed by atoms with van der Waals surface area (Å²) >= 11 is 0. The number of ether oxygens (including phenoxy) is 2. The first-order valence-electron chi connectivity index (χ1n) is 7.74. The molecule has 4 nitrogen and oxygen atoms in total. The Morgan fingerprint density at radius 3 is 2.08 bits per heavy atom. The number of benzene rings is 2. The first-order valence-corrected chi connectivity index (χ1v) is 7.74. The van der Waals surface area contributed by atoms with E-state index in [4.69, 9.17) is 9.47 Å². The van der Waals surface area contributed by atoms with Crippen LogP contribution in [0.25, 0.3) is 0 Å². The minimum absolute atomic E-state index is 0.187. The molecule has 4 heteroatoms. The number of para-hydroxylation sites is 1. The summed E-state index contributed by atoms with van der Waals surface area (Å²) in [7, 11) is 0. The van der Waals surface area contributed by atoms with Gasteiger partial charge in [-0.05, 0) is 26.0 Å². The number of carbonyl (C=O) groups is 2. The Kier molecular flexibility index (Phi) is 8.79. The summed E-state index contributed by atoms with van der Waals surface area (Å²) in [6.45, 7) is 9.00. The summed E-state index contributed by atoms with van der Waals surface area (Å²) in [4.78, 5) is 23.6. The second kappa shape index (κ2) is 10.9. The van der Waals surface area contributed by atoms with E-state index in [9.17, 15) is 9.59 Å². The molecule has 0 aliphatic heterocycles. The first-order chi connectivity index (χ1) is 11.6. The van der Waals surface area contributed by atoms with Gasteiger partial charge in [0, 0.05) is 24.9 Å². The Morgan fingerprint density at radius 2 is 1.54 bits per heavy atom. The number of carbonyl (C=O) groups excluding carboxylic acids is 2. The van der Waals surface area contributed by atoms with E-state index in [1.54, 1.807) is 48.5 Å². The first kappa shape index (κ1) is 19.3. The summed E-state index contributed by atoms with van der Waals surface area (Å²) in [5, 5.41) is 0. The molecule has 0 N–H and O–H groups in total. The number of ketones is 1. The maximum absolute atomic E-state index is 12.3. The van der Waals surface area contributed by atoms with E-state index in [0.29, 0.717) is 11.1 Å². The van der Waals surface area contributed by atoms with Gasteiger partial charge in [0.1, 0.15) is 5.75 Å². The van der Waals surface area contributed by atoms with E-state index in [0.717, 1.165) is 19.3 Å². The van der Waals surface area contributed by atoms with Crippen molar-refractivity contribution in [2.24, 2.45) is 0 Å². The Labute approximate surface area is 142 Å². The van der Waals surface area contributed by atoms with Gasteiger partial charge in [-0.15, -0.1) is 0 Å². The highest BCUT2D eigenvalue weighted by Gasteiger charge is 2.15. The summed E-state index contributed by atoms with van der Waals surface area (Å²) in [6, 6.07) is 15.5. The number of rotatable bonds is 6. The van der Waals surface area contributed by atoms with E-state index in [1.807, 2.05) is 19.9 Å². The topological polar surface area (TPSA) is 52.6 Å². The van der Waals surface area contributed by atoms with Crippen LogP contribution in [0, 0.1) is 0 Å². The molecule has 0 atom stereocenters. The number of hydrogen-bond donors (Lipinski definition) is 0. The van der Waals surface area contributed by atoms with Crippen molar-refractivity contribution < 1.29 is 19.1 Å². The van der Waals surface area contributed by atoms with E-state index in [1.165, 1.54) is 0 Å². The van der Waals surface area contributed by atoms with Crippen LogP contribution >= 0.6 is 0 Å². The third-order valence-corrected chi connectivity index (χ3v) is 2.95. The number of esters is 1. The van der Waals surface area contributed by atoms with Gasteiger partial charge in [0.25, 0.3) is 0 Å². The fourth-order valence-corrected chi connectivity index (χ4v) is 1.84. The third kappa shape index (κ3) is 6.18. The lowest BCUT2D eigenvalue weighted by atomic mass is 10.0. The normalized spacial score (nSPS) is 9.42. The molecular formula is C20H22O4. The molecule has 0 amide bonds. The van der Waals surface area contributed by atoms with Gasteiger partial charge in [0.2, 0.25) is 0 Å². The van der Waals surface area contributed by atoms with Crippen LogP contribution < -0.4 is 4.74 Å². The van der Waals surface area contributed by atoms with Crippen molar-refractivity contribution in [1.29, 1.82) is 0 Å². The van der Waals surface area contributed by atoms with Crippen molar-refractivity contribution in [3.05, 3.63) is 78.4 Å². The molecular weight excluding hydrogens is 304 g/mol. The highest BCUT2D eigenvalue weighted by molar-refractivity contribution is 6.11. The average Bonchev–Trinajstić information content (AvgIpc) is 2.63. The van der Waals surface area contributed by atoms with E-state index in [2.05, 4.69) is 6.58 Å². The SMILES string of the molecule is C=CC(=O)Oc1ccccc1C(=O)c1ccccc1.CCOCC. The van der Waals surface area contributed by atoms with E-state index < -0.39 is 5.97 Å². The molecule has 2 rings (SSSR count). The summed E-state index contributed by atoms with van der Waals surface area (Å²) < 4.78 is 9.89. The molecule has 0 unspecified atom stereocenters. The number of hydrogen-bond acceptors (Lipinski definition) is 4. The van der Waals surface area contributed by atoms with Crippen molar-refractivity contribution in [3.63, 3.8) is 0 Å². The predicted molar refractivity (Wildman–Crippen MR) is 94.3 cm³/mol. The van der Waals surface area contributed by atoms with Crippen LogP contribution in [0.4, 0.5) is 0 Å². The molecule has 0 aliphatic carbocycles. The molecule has 2 aromatic rings. The quantitative estimate of drug-likeness (QED) is 0.348. The second-order valence-corrected chi connectivity index (χ2v) is 4.60. The molecule has 0 fully saturated rings. The fraction of sp³-hybridized carbons (Fsp3) is 0.200. The third-order valence-electron chi connectivity index (χ3n) is 2.95. The molecule has 2 aromatic carbocycles. The minimum Gasteiger partial charge on any atom is -0.423 e. The maximum Gasteiger partial charge on any atom is 0.335 e. The zero-order valence-corrected chi connectivity index (χ0v) is 14.0. The van der Waals surface area contributed by atoms with Gasteiger partial charge in [-0.3, -0.25) is 4.79 Å². The lowest BCUT2D eigenvalue weighted by molar-refractivity contribution is -0.128. The fourth-order valence-electron chi connectivity index (χ4n) is 1.84. The molecule has 0 bridgehead atoms. The molecule has 0 aromatic heterocycles. The standard InChI is InChI=1S/C16H12O3.C4H10O/c1-2-15(17)19-14-11-7-6-10-13(14)16(18)12-8-4-3-5-9-12;1-3-5-4-2/h2-11H,1H2;3-4H2,1-2H3. The van der Waals surface area contributed by atoms with Crippen LogP contribution in [0.15, 0.2) is 67.3 Å². The maximum atomic E-state index is 12.3. The second-order valence-electron chi connectivity index (χ2n) is 4.60. The van der Waals surface area contributed by atoms with Crippen LogP contribution in [0.2, 0.25) is 0 Å². The van der Waals surface area contributed by atoms with Gasteiger partial charge in [-0.1, -0.05) is 49.0 Å². The largest absolute Gasteiger partial charge is 0.423 e. The molecule has 0 spiro atoms. The van der Waals surface area contributed by atoms with E-state index >= 15 is 0 Å². The predicted octanol–water partition coefficient (Wildman–Crippen LogP) is 4.05. The van der Waals surface area contributed by atoms with Crippen molar-refractivity contribution >= 4 is 11.8 Å². The van der Waals surface area contributed by atoms with Crippen LogP contribution in [0.5, 0.6) is 5.75 Å². The van der Waals surface area contributed by atoms with Gasteiger partial charge < -0.3 is 9.47 Å². The van der Waals surface area contributed by atoms with Crippen LogP contribution in [-0.2, 0) is 9.53 Å². The molecule has 0 radical (unpaired) electrons. The van der Waals surface area contributed by atoms with Crippen LogP contribution in [0.1, 0.15) is 29.8 Å². The molecule has 0 saturated carbocycles. The zero-order valence-electron chi connectivity index (χ0n) is 14.0. The summed E-state index contributed by atoms with van der Waals surface area (Å²) in [6.07, 6.45) is 1.06. The van der Waals surface area contributed by atoms with Gasteiger partial charge in [-0.25, -0.2) is 4.79 Å². The molecule has 126 valence electrons. The van der Waals surface area contributed by atoms with Crippen molar-refractivity contribution in [3.8, 4) is 5.75 Å². The lowest BCUT2D eigenvalue weighted by Gasteiger charge is -2.07. The average molecular weight is 326 g/mol. The molecule has 0 aliphatic rings. The highest BCUT2D eigenvalue weighted by Crippen LogP contribution is 2.21. The minimum atomic E-state index is -0.590.